The highest BCUT2D eigenvalue weighted by Crippen LogP contribution is 2.45. The molecule has 1 N–H and O–H groups in total. The fraction of sp³-hybridized carbons (Fsp3) is 0.235. The molecule has 0 spiro atoms. The molecule has 0 atom stereocenters. The molecule has 26 heavy (non-hydrogen) atoms. The number of hydrogen-bond donors (Lipinski definition) is 1. The second-order valence-electron chi connectivity index (χ2n) is 5.40. The molecule has 0 radical (unpaired) electrons. The lowest BCUT2D eigenvalue weighted by Gasteiger charge is -2.11. The number of anilines is 1. The van der Waals surface area contributed by atoms with Crippen molar-refractivity contribution < 1.29 is 18.8 Å². The van der Waals surface area contributed by atoms with Crippen LogP contribution in [0.5, 0.6) is 5.75 Å². The number of carbonyl (C=O) groups is 1. The smallest absolute Gasteiger partial charge is 0.271 e. The molecule has 1 amide bonds. The molecule has 0 unspecified atom stereocenters. The second-order valence-corrected chi connectivity index (χ2v) is 8.13. The molecule has 1 aliphatic heterocycles. The van der Waals surface area contributed by atoms with Crippen LogP contribution >= 0.6 is 23.5 Å². The van der Waals surface area contributed by atoms with Gasteiger partial charge in [0, 0.05) is 23.6 Å². The summed E-state index contributed by atoms with van der Waals surface area (Å²) in [6.07, 6.45) is 0. The third-order valence-corrected chi connectivity index (χ3v) is 6.68. The topological polar surface area (TPSA) is 81.5 Å². The van der Waals surface area contributed by atoms with Crippen LogP contribution in [0.15, 0.2) is 42.5 Å². The number of nitrogens with zero attached hydrogens (tertiary/aromatic N) is 1. The molecular formula is C17H15FN2O4S2. The van der Waals surface area contributed by atoms with E-state index < -0.39 is 16.6 Å². The minimum Gasteiger partial charge on any atom is -0.484 e. The highest BCUT2D eigenvalue weighted by Gasteiger charge is 2.18. The Bertz CT molecular complexity index is 811. The Labute approximate surface area is 157 Å². The standard InChI is InChI=1S/C17H15FN2O4S2/c18-14-6-3-12(20(22)23)9-15(14)19-16(21)10-24-13-4-1-11(2-5-13)17-25-7-8-26-17/h1-6,9,17H,7-8,10H2,(H,19,21). The van der Waals surface area contributed by atoms with Gasteiger partial charge in [0.15, 0.2) is 6.61 Å². The number of ether oxygens (including phenoxy) is 1. The summed E-state index contributed by atoms with van der Waals surface area (Å²) in [5, 5.41) is 13.0. The van der Waals surface area contributed by atoms with E-state index in [1.807, 2.05) is 35.7 Å². The van der Waals surface area contributed by atoms with Crippen LogP contribution in [0, 0.1) is 15.9 Å². The van der Waals surface area contributed by atoms with Crippen LogP contribution in [0.3, 0.4) is 0 Å². The quantitative estimate of drug-likeness (QED) is 0.583. The molecule has 2 aromatic carbocycles. The highest BCUT2D eigenvalue weighted by molar-refractivity contribution is 8.19. The number of nitrogens with one attached hydrogen (secondary N) is 1. The predicted molar refractivity (Wildman–Crippen MR) is 101 cm³/mol. The van der Waals surface area contributed by atoms with Gasteiger partial charge in [-0.05, 0) is 23.8 Å². The fourth-order valence-electron chi connectivity index (χ4n) is 2.33. The first kappa shape index (κ1) is 18.5. The number of thioether (sulfide) groups is 2. The third-order valence-electron chi connectivity index (χ3n) is 3.58. The molecule has 9 heteroatoms. The molecule has 2 aromatic rings. The maximum atomic E-state index is 13.7. The largest absolute Gasteiger partial charge is 0.484 e. The van der Waals surface area contributed by atoms with E-state index in [0.717, 1.165) is 29.7 Å². The van der Waals surface area contributed by atoms with Gasteiger partial charge in [-0.15, -0.1) is 23.5 Å². The molecule has 0 aromatic heterocycles. The van der Waals surface area contributed by atoms with Crippen LogP contribution in [0.25, 0.3) is 0 Å². The van der Waals surface area contributed by atoms with E-state index in [2.05, 4.69) is 5.32 Å². The third kappa shape index (κ3) is 4.67. The summed E-state index contributed by atoms with van der Waals surface area (Å²) in [6.45, 7) is -0.325. The Hall–Kier alpha value is -2.26. The summed E-state index contributed by atoms with van der Waals surface area (Å²) in [7, 11) is 0. The van der Waals surface area contributed by atoms with Gasteiger partial charge in [-0.3, -0.25) is 14.9 Å². The van der Waals surface area contributed by atoms with Crippen molar-refractivity contribution in [2.45, 2.75) is 4.58 Å². The van der Waals surface area contributed by atoms with Crippen molar-refractivity contribution in [1.82, 2.24) is 0 Å². The van der Waals surface area contributed by atoms with Crippen LogP contribution in [-0.2, 0) is 4.79 Å². The van der Waals surface area contributed by atoms with Crippen molar-refractivity contribution in [3.63, 3.8) is 0 Å². The number of halogens is 1. The van der Waals surface area contributed by atoms with Gasteiger partial charge in [0.25, 0.3) is 11.6 Å². The first-order valence-corrected chi connectivity index (χ1v) is 9.82. The van der Waals surface area contributed by atoms with E-state index in [1.165, 1.54) is 5.56 Å². The lowest BCUT2D eigenvalue weighted by molar-refractivity contribution is -0.384. The van der Waals surface area contributed by atoms with Crippen LogP contribution in [0.4, 0.5) is 15.8 Å². The SMILES string of the molecule is O=C(COc1ccc(C2SCCS2)cc1)Nc1cc([N+](=O)[O-])ccc1F. The summed E-state index contributed by atoms with van der Waals surface area (Å²) < 4.78 is 19.5. The molecule has 136 valence electrons. The first-order valence-electron chi connectivity index (χ1n) is 7.73. The van der Waals surface area contributed by atoms with Crippen LogP contribution in [0.2, 0.25) is 0 Å². The maximum absolute atomic E-state index is 13.7. The minimum absolute atomic E-state index is 0.251. The zero-order valence-electron chi connectivity index (χ0n) is 13.5. The zero-order valence-corrected chi connectivity index (χ0v) is 15.1. The molecule has 1 saturated heterocycles. The van der Waals surface area contributed by atoms with Gasteiger partial charge in [0.1, 0.15) is 11.6 Å². The van der Waals surface area contributed by atoms with Crippen molar-refractivity contribution in [3.8, 4) is 5.75 Å². The van der Waals surface area contributed by atoms with E-state index in [4.69, 9.17) is 4.74 Å². The normalized spacial score (nSPS) is 14.2. The molecule has 0 saturated carbocycles. The Morgan fingerprint density at radius 3 is 2.58 bits per heavy atom. The van der Waals surface area contributed by atoms with Gasteiger partial charge >= 0.3 is 0 Å². The summed E-state index contributed by atoms with van der Waals surface area (Å²) in [4.78, 5) is 22.0. The Morgan fingerprint density at radius 2 is 1.92 bits per heavy atom. The monoisotopic (exact) mass is 394 g/mol. The maximum Gasteiger partial charge on any atom is 0.271 e. The summed E-state index contributed by atoms with van der Waals surface area (Å²) in [6, 6.07) is 10.4. The number of carbonyl (C=O) groups excluding carboxylic acids is 1. The molecule has 1 aliphatic rings. The summed E-state index contributed by atoms with van der Waals surface area (Å²) in [5.74, 6) is 1.45. The summed E-state index contributed by atoms with van der Waals surface area (Å²) in [5.41, 5.74) is 0.646. The van der Waals surface area contributed by atoms with Gasteiger partial charge in [-0.25, -0.2) is 4.39 Å². The lowest BCUT2D eigenvalue weighted by atomic mass is 10.2. The van der Waals surface area contributed by atoms with Gasteiger partial charge in [0.2, 0.25) is 0 Å². The van der Waals surface area contributed by atoms with Crippen LogP contribution < -0.4 is 10.1 Å². The molecule has 0 aliphatic carbocycles. The molecule has 3 rings (SSSR count). The minimum atomic E-state index is -0.750. The van der Waals surface area contributed by atoms with Gasteiger partial charge in [-0.2, -0.15) is 0 Å². The van der Waals surface area contributed by atoms with Crippen LogP contribution in [-0.4, -0.2) is 28.9 Å². The number of nitro groups is 1. The molecule has 6 nitrogen and oxygen atoms in total. The molecule has 0 bridgehead atoms. The highest BCUT2D eigenvalue weighted by atomic mass is 32.2. The number of amides is 1. The fourth-order valence-corrected chi connectivity index (χ4v) is 5.19. The summed E-state index contributed by atoms with van der Waals surface area (Å²) >= 11 is 3.80. The van der Waals surface area contributed by atoms with Gasteiger partial charge in [-0.1, -0.05) is 12.1 Å². The number of rotatable bonds is 6. The van der Waals surface area contributed by atoms with Gasteiger partial charge < -0.3 is 10.1 Å². The number of hydrogen-bond acceptors (Lipinski definition) is 6. The first-order chi connectivity index (χ1) is 12.5. The second kappa shape index (κ2) is 8.41. The van der Waals surface area contributed by atoms with Crippen molar-refractivity contribution in [3.05, 3.63) is 64.0 Å². The average Bonchev–Trinajstić information content (AvgIpc) is 3.17. The average molecular weight is 394 g/mol. The molecule has 1 heterocycles. The van der Waals surface area contributed by atoms with Crippen molar-refractivity contribution in [1.29, 1.82) is 0 Å². The van der Waals surface area contributed by atoms with Gasteiger partial charge in [0.05, 0.1) is 15.2 Å². The van der Waals surface area contributed by atoms with E-state index in [0.29, 0.717) is 10.3 Å². The number of non-ortho nitro benzene ring substituents is 1. The zero-order chi connectivity index (χ0) is 18.5. The van der Waals surface area contributed by atoms with Crippen molar-refractivity contribution in [2.24, 2.45) is 0 Å². The predicted octanol–water partition coefficient (Wildman–Crippen LogP) is 4.23. The molecular weight excluding hydrogens is 379 g/mol. The Kier molecular flexibility index (Phi) is 6.00. The Morgan fingerprint density at radius 1 is 1.23 bits per heavy atom. The van der Waals surface area contributed by atoms with Crippen molar-refractivity contribution >= 4 is 40.8 Å². The van der Waals surface area contributed by atoms with E-state index >= 15 is 0 Å². The van der Waals surface area contributed by atoms with E-state index in [9.17, 15) is 19.3 Å². The molecule has 1 fully saturated rings. The van der Waals surface area contributed by atoms with E-state index in [1.54, 1.807) is 12.1 Å². The van der Waals surface area contributed by atoms with Crippen LogP contribution in [0.1, 0.15) is 10.1 Å². The number of nitro benzene ring substituents is 1. The number of benzene rings is 2. The van der Waals surface area contributed by atoms with E-state index in [-0.39, 0.29) is 18.0 Å². The Balaban J connectivity index is 1.55. The van der Waals surface area contributed by atoms with Crippen molar-refractivity contribution in [2.75, 3.05) is 23.4 Å². The lowest BCUT2D eigenvalue weighted by Crippen LogP contribution is -2.20.